The summed E-state index contributed by atoms with van der Waals surface area (Å²) >= 11 is 12.0. The average Bonchev–Trinajstić information content (AvgIpc) is 3.84. The molecule has 0 spiro atoms. The standard InChI is InChI=1S/C19H20Cl2N6O.C18H21N5O2S.ClH/c20-12-6-13(21)8-15(7-12)23-9-17(28)27-5-1-2-14(10-27)26-19-16-3-4-22-18(16)24-11-25-19;1-13-4-6-15(7-5-13)26(24,25)23-10-8-16-17(20-12-21-18(16)23)22-14-3-2-9-19-11-14;/h3-4,6-8,11,14,23H,1-2,5,9-10H2,(H2,22,24,25,26);4-8,10,12,14,19H,2-3,9,11H2,1H3,(H,20,21,22);1H/t2*14-;/m11./s1. The molecule has 290 valence electrons. The number of rotatable bonds is 9. The van der Waals surface area contributed by atoms with E-state index in [4.69, 9.17) is 23.2 Å². The molecule has 55 heavy (non-hydrogen) atoms. The van der Waals surface area contributed by atoms with Gasteiger partial charge in [0.2, 0.25) is 5.91 Å². The van der Waals surface area contributed by atoms with E-state index >= 15 is 0 Å². The van der Waals surface area contributed by atoms with Crippen LogP contribution in [0.2, 0.25) is 10.0 Å². The highest BCUT2D eigenvalue weighted by Crippen LogP contribution is 2.27. The van der Waals surface area contributed by atoms with Gasteiger partial charge in [0.15, 0.2) is 5.65 Å². The lowest BCUT2D eigenvalue weighted by molar-refractivity contribution is -0.130. The largest absolute Gasteiger partial charge is 0.376 e. The van der Waals surface area contributed by atoms with E-state index in [9.17, 15) is 13.2 Å². The maximum Gasteiger partial charge on any atom is 0.269 e. The zero-order valence-corrected chi connectivity index (χ0v) is 33.1. The Morgan fingerprint density at radius 1 is 0.891 bits per heavy atom. The Kier molecular flexibility index (Phi) is 13.0. The molecule has 14 nitrogen and oxygen atoms in total. The number of H-pyrrole nitrogens is 1. The van der Waals surface area contributed by atoms with Crippen LogP contribution in [0.25, 0.3) is 22.1 Å². The lowest BCUT2D eigenvalue weighted by atomic mass is 10.1. The number of aryl methyl sites for hydroxylation is 1. The summed E-state index contributed by atoms with van der Waals surface area (Å²) in [6, 6.07) is 16.1. The van der Waals surface area contributed by atoms with Gasteiger partial charge in [-0.05, 0) is 81.6 Å². The number of anilines is 3. The van der Waals surface area contributed by atoms with Gasteiger partial charge in [0.05, 0.1) is 22.2 Å². The summed E-state index contributed by atoms with van der Waals surface area (Å²) < 4.78 is 27.2. The Morgan fingerprint density at radius 2 is 1.60 bits per heavy atom. The number of halogens is 3. The van der Waals surface area contributed by atoms with Gasteiger partial charge in [0.1, 0.15) is 29.9 Å². The van der Waals surface area contributed by atoms with Gasteiger partial charge in [-0.25, -0.2) is 32.3 Å². The van der Waals surface area contributed by atoms with Crippen molar-refractivity contribution in [2.45, 2.75) is 49.6 Å². The SMILES string of the molecule is Cc1ccc(S(=O)(=O)n2ccc3c(N[C@@H]4CCCNC4)ncnc32)cc1.Cl.O=C(CNc1cc(Cl)cc(Cl)c1)N1CCC[C@@H](Nc2ncnc3[nH]ccc23)C1. The van der Waals surface area contributed by atoms with Crippen LogP contribution in [0, 0.1) is 6.92 Å². The van der Waals surface area contributed by atoms with E-state index in [2.05, 4.69) is 46.2 Å². The average molecular weight is 827 g/mol. The number of amides is 1. The zero-order chi connectivity index (χ0) is 37.7. The molecule has 2 aliphatic rings. The molecule has 2 aromatic carbocycles. The third kappa shape index (κ3) is 9.59. The highest BCUT2D eigenvalue weighted by atomic mass is 35.5. The van der Waals surface area contributed by atoms with Crippen molar-refractivity contribution in [3.05, 3.63) is 95.3 Å². The van der Waals surface area contributed by atoms with E-state index in [1.54, 1.807) is 54.7 Å². The fraction of sp³-hybridized carbons (Fsp3) is 0.324. The lowest BCUT2D eigenvalue weighted by Gasteiger charge is -2.33. The van der Waals surface area contributed by atoms with Gasteiger partial charge in [-0.15, -0.1) is 12.4 Å². The molecular weight excluding hydrogens is 785 g/mol. The molecule has 4 aromatic heterocycles. The molecule has 1 amide bonds. The molecule has 18 heteroatoms. The normalized spacial score (nSPS) is 17.2. The molecule has 5 N–H and O–H groups in total. The van der Waals surface area contributed by atoms with Gasteiger partial charge in [-0.2, -0.15) is 0 Å². The predicted octanol–water partition coefficient (Wildman–Crippen LogP) is 6.34. The Bertz CT molecular complexity index is 2330. The van der Waals surface area contributed by atoms with Crippen LogP contribution in [-0.2, 0) is 14.8 Å². The number of likely N-dealkylation sites (tertiary alicyclic amines) is 1. The van der Waals surface area contributed by atoms with E-state index in [0.29, 0.717) is 33.4 Å². The predicted molar refractivity (Wildman–Crippen MR) is 220 cm³/mol. The molecule has 2 atom stereocenters. The Morgan fingerprint density at radius 3 is 2.35 bits per heavy atom. The molecule has 0 aliphatic carbocycles. The van der Waals surface area contributed by atoms with Crippen molar-refractivity contribution in [2.75, 3.05) is 48.7 Å². The lowest BCUT2D eigenvalue weighted by Crippen LogP contribution is -2.47. The summed E-state index contributed by atoms with van der Waals surface area (Å²) in [4.78, 5) is 34.9. The first kappa shape index (κ1) is 40.0. The van der Waals surface area contributed by atoms with Crippen molar-refractivity contribution in [3.8, 4) is 0 Å². The summed E-state index contributed by atoms with van der Waals surface area (Å²) in [6.07, 6.45) is 10.4. The van der Waals surface area contributed by atoms with E-state index in [0.717, 1.165) is 73.4 Å². The molecular formula is C37H42Cl3N11O3S. The molecule has 8 rings (SSSR count). The summed E-state index contributed by atoms with van der Waals surface area (Å²) in [6.45, 7) is 5.40. The van der Waals surface area contributed by atoms with Gasteiger partial charge in [0, 0.05) is 59.8 Å². The summed E-state index contributed by atoms with van der Waals surface area (Å²) in [5.74, 6) is 1.50. The second kappa shape index (κ2) is 17.9. The van der Waals surface area contributed by atoms with Crippen molar-refractivity contribution < 1.29 is 13.2 Å². The Labute approximate surface area is 335 Å². The number of aromatic nitrogens is 6. The number of piperidine rings is 2. The molecule has 0 bridgehead atoms. The van der Waals surface area contributed by atoms with E-state index in [-0.39, 0.29) is 41.8 Å². The number of hydrogen-bond acceptors (Lipinski definition) is 11. The first-order chi connectivity index (χ1) is 26.1. The number of fused-ring (bicyclic) bond motifs is 2. The fourth-order valence-corrected chi connectivity index (χ4v) is 8.50. The number of carbonyl (C=O) groups excluding carboxylic acids is 1. The smallest absolute Gasteiger partial charge is 0.269 e. The minimum atomic E-state index is -3.70. The number of benzene rings is 2. The van der Waals surface area contributed by atoms with Crippen LogP contribution < -0.4 is 21.3 Å². The topological polar surface area (TPSA) is 175 Å². The number of aromatic amines is 1. The van der Waals surface area contributed by atoms with Gasteiger partial charge >= 0.3 is 0 Å². The number of hydrogen-bond donors (Lipinski definition) is 5. The molecule has 6 aromatic rings. The first-order valence-corrected chi connectivity index (χ1v) is 20.0. The van der Waals surface area contributed by atoms with Crippen LogP contribution in [0.5, 0.6) is 0 Å². The molecule has 0 radical (unpaired) electrons. The number of nitrogens with one attached hydrogen (secondary N) is 5. The van der Waals surface area contributed by atoms with Crippen molar-refractivity contribution in [1.82, 2.24) is 39.1 Å². The zero-order valence-electron chi connectivity index (χ0n) is 30.0. The highest BCUT2D eigenvalue weighted by Gasteiger charge is 2.25. The first-order valence-electron chi connectivity index (χ1n) is 17.8. The molecule has 6 heterocycles. The van der Waals surface area contributed by atoms with Crippen LogP contribution in [-0.4, -0.2) is 92.9 Å². The van der Waals surface area contributed by atoms with Crippen LogP contribution in [0.3, 0.4) is 0 Å². The van der Waals surface area contributed by atoms with Crippen molar-refractivity contribution in [2.24, 2.45) is 0 Å². The van der Waals surface area contributed by atoms with Gasteiger partial charge in [-0.1, -0.05) is 40.9 Å². The number of carbonyl (C=O) groups is 1. The highest BCUT2D eigenvalue weighted by molar-refractivity contribution is 7.90. The monoisotopic (exact) mass is 825 g/mol. The summed E-state index contributed by atoms with van der Waals surface area (Å²) in [7, 11) is -3.70. The van der Waals surface area contributed by atoms with Gasteiger partial charge in [0.25, 0.3) is 10.0 Å². The number of nitrogens with zero attached hydrogens (tertiary/aromatic N) is 6. The van der Waals surface area contributed by atoms with Crippen molar-refractivity contribution in [3.63, 3.8) is 0 Å². The van der Waals surface area contributed by atoms with Crippen LogP contribution in [0.4, 0.5) is 17.3 Å². The minimum absolute atomic E-state index is 0. The van der Waals surface area contributed by atoms with Gasteiger partial charge < -0.3 is 31.2 Å². The maximum absolute atomic E-state index is 13.0. The van der Waals surface area contributed by atoms with E-state index in [1.807, 2.05) is 24.1 Å². The van der Waals surface area contributed by atoms with Crippen LogP contribution >= 0.6 is 35.6 Å². The quantitative estimate of drug-likeness (QED) is 0.110. The molecule has 2 saturated heterocycles. The maximum atomic E-state index is 13.0. The Hall–Kier alpha value is -4.67. The van der Waals surface area contributed by atoms with Crippen molar-refractivity contribution in [1.29, 1.82) is 0 Å². The van der Waals surface area contributed by atoms with Crippen LogP contribution in [0.1, 0.15) is 31.2 Å². The Balaban J connectivity index is 0.000000184. The second-order valence-corrected chi connectivity index (χ2v) is 16.1. The summed E-state index contributed by atoms with van der Waals surface area (Å²) in [5, 5.41) is 16.1. The molecule has 0 unspecified atom stereocenters. The molecule has 2 aliphatic heterocycles. The van der Waals surface area contributed by atoms with E-state index < -0.39 is 10.0 Å². The minimum Gasteiger partial charge on any atom is -0.376 e. The molecule has 2 fully saturated rings. The second-order valence-electron chi connectivity index (χ2n) is 13.4. The van der Waals surface area contributed by atoms with Crippen molar-refractivity contribution >= 4 is 90.9 Å². The van der Waals surface area contributed by atoms with Gasteiger partial charge in [-0.3, -0.25) is 4.79 Å². The van der Waals surface area contributed by atoms with Crippen LogP contribution in [0.15, 0.2) is 84.5 Å². The molecule has 0 saturated carbocycles. The third-order valence-electron chi connectivity index (χ3n) is 9.44. The van der Waals surface area contributed by atoms with E-state index in [1.165, 1.54) is 16.6 Å². The summed E-state index contributed by atoms with van der Waals surface area (Å²) in [5.41, 5.74) is 2.92. The fourth-order valence-electron chi connectivity index (χ4n) is 6.68. The third-order valence-corrected chi connectivity index (χ3v) is 11.6.